The number of hydrogen-bond acceptors (Lipinski definition) is 6. The molecule has 0 aliphatic carbocycles. The standard InChI is InChI=1S/C26H33N5O3/c1-33-22-8-6-21(7-9-22)27-25(32)20-10-12-30(13-11-20)26-28-23-4-2-3-5-24(23)31(26)15-14-29-16-18-34-19-17-29/h2-9,20H,10-19H2,1H3,(H,27,32). The van der Waals surface area contributed by atoms with Gasteiger partial charge in [0, 0.05) is 50.9 Å². The first-order chi connectivity index (χ1) is 16.7. The molecule has 1 amide bonds. The summed E-state index contributed by atoms with van der Waals surface area (Å²) < 4.78 is 13.0. The Balaban J connectivity index is 1.24. The van der Waals surface area contributed by atoms with Crippen molar-refractivity contribution in [3.05, 3.63) is 48.5 Å². The van der Waals surface area contributed by atoms with Gasteiger partial charge < -0.3 is 24.3 Å². The van der Waals surface area contributed by atoms with Crippen LogP contribution in [0.25, 0.3) is 11.0 Å². The summed E-state index contributed by atoms with van der Waals surface area (Å²) in [5, 5.41) is 3.06. The van der Waals surface area contributed by atoms with E-state index in [1.165, 1.54) is 5.52 Å². The summed E-state index contributed by atoms with van der Waals surface area (Å²) in [6, 6.07) is 15.8. The van der Waals surface area contributed by atoms with Crippen LogP contribution in [-0.2, 0) is 16.1 Å². The average molecular weight is 464 g/mol. The van der Waals surface area contributed by atoms with Gasteiger partial charge in [0.15, 0.2) is 0 Å². The van der Waals surface area contributed by atoms with E-state index in [2.05, 4.69) is 37.9 Å². The molecule has 1 N–H and O–H groups in total. The highest BCUT2D eigenvalue weighted by molar-refractivity contribution is 5.92. The number of imidazole rings is 1. The molecule has 5 rings (SSSR count). The first-order valence-corrected chi connectivity index (χ1v) is 12.2. The summed E-state index contributed by atoms with van der Waals surface area (Å²) in [7, 11) is 1.64. The number of piperidine rings is 1. The highest BCUT2D eigenvalue weighted by Crippen LogP contribution is 2.28. The number of methoxy groups -OCH3 is 1. The largest absolute Gasteiger partial charge is 0.497 e. The van der Waals surface area contributed by atoms with Gasteiger partial charge in [-0.2, -0.15) is 0 Å². The van der Waals surface area contributed by atoms with Crippen LogP contribution in [0.3, 0.4) is 0 Å². The highest BCUT2D eigenvalue weighted by Gasteiger charge is 2.28. The molecule has 0 bridgehead atoms. The molecule has 2 aliphatic heterocycles. The Morgan fingerprint density at radius 3 is 2.50 bits per heavy atom. The minimum absolute atomic E-state index is 0.00419. The van der Waals surface area contributed by atoms with E-state index in [1.54, 1.807) is 7.11 Å². The molecule has 2 aromatic carbocycles. The number of morpholine rings is 1. The predicted octanol–water partition coefficient (Wildman–Crippen LogP) is 3.23. The predicted molar refractivity (Wildman–Crippen MR) is 134 cm³/mol. The number of hydrogen-bond donors (Lipinski definition) is 1. The number of carbonyl (C=O) groups excluding carboxylic acids is 1. The summed E-state index contributed by atoms with van der Waals surface area (Å²) in [5.74, 6) is 1.89. The summed E-state index contributed by atoms with van der Waals surface area (Å²) in [6.45, 7) is 7.11. The number of nitrogens with zero attached hydrogens (tertiary/aromatic N) is 4. The second-order valence-electron chi connectivity index (χ2n) is 8.99. The van der Waals surface area contributed by atoms with Gasteiger partial charge >= 0.3 is 0 Å². The number of amides is 1. The lowest BCUT2D eigenvalue weighted by molar-refractivity contribution is -0.120. The van der Waals surface area contributed by atoms with Crippen molar-refractivity contribution >= 4 is 28.6 Å². The lowest BCUT2D eigenvalue weighted by atomic mass is 9.96. The molecule has 0 radical (unpaired) electrons. The molecule has 8 nitrogen and oxygen atoms in total. The topological polar surface area (TPSA) is 71.9 Å². The van der Waals surface area contributed by atoms with Gasteiger partial charge in [-0.25, -0.2) is 4.98 Å². The summed E-state index contributed by atoms with van der Waals surface area (Å²) >= 11 is 0. The Hall–Kier alpha value is -3.10. The van der Waals surface area contributed by atoms with Crippen LogP contribution in [0.15, 0.2) is 48.5 Å². The van der Waals surface area contributed by atoms with Crippen LogP contribution in [0.2, 0.25) is 0 Å². The normalized spacial score (nSPS) is 17.7. The molecule has 0 unspecified atom stereocenters. The van der Waals surface area contributed by atoms with E-state index in [9.17, 15) is 4.79 Å². The van der Waals surface area contributed by atoms with Gasteiger partial charge in [-0.1, -0.05) is 12.1 Å². The van der Waals surface area contributed by atoms with Crippen molar-refractivity contribution in [2.24, 2.45) is 5.92 Å². The van der Waals surface area contributed by atoms with Gasteiger partial charge in [-0.05, 0) is 49.2 Å². The molecular formula is C26H33N5O3. The summed E-state index contributed by atoms with van der Waals surface area (Å²) in [5.41, 5.74) is 3.00. The third kappa shape index (κ3) is 5.03. The third-order valence-electron chi connectivity index (χ3n) is 6.88. The number of aromatic nitrogens is 2. The number of para-hydroxylation sites is 2. The number of fused-ring (bicyclic) bond motifs is 1. The second kappa shape index (κ2) is 10.4. The molecule has 2 saturated heterocycles. The van der Waals surface area contributed by atoms with E-state index in [1.807, 2.05) is 30.3 Å². The van der Waals surface area contributed by atoms with Crippen LogP contribution in [0, 0.1) is 5.92 Å². The molecule has 2 aliphatic rings. The maximum absolute atomic E-state index is 12.9. The average Bonchev–Trinajstić information content (AvgIpc) is 3.27. The second-order valence-corrected chi connectivity index (χ2v) is 8.99. The molecule has 0 saturated carbocycles. The van der Waals surface area contributed by atoms with Crippen LogP contribution in [-0.4, -0.2) is 73.4 Å². The minimum atomic E-state index is 0.00419. The Morgan fingerprint density at radius 2 is 1.76 bits per heavy atom. The molecule has 3 aromatic rings. The number of benzene rings is 2. The van der Waals surface area contributed by atoms with Crippen LogP contribution in [0.5, 0.6) is 5.75 Å². The Bertz CT molecular complexity index is 1100. The molecule has 0 spiro atoms. The highest BCUT2D eigenvalue weighted by atomic mass is 16.5. The number of rotatable bonds is 7. The lowest BCUT2D eigenvalue weighted by Gasteiger charge is -2.33. The van der Waals surface area contributed by atoms with Crippen molar-refractivity contribution < 1.29 is 14.3 Å². The molecule has 1 aromatic heterocycles. The minimum Gasteiger partial charge on any atom is -0.497 e. The number of ether oxygens (including phenoxy) is 2. The SMILES string of the molecule is COc1ccc(NC(=O)C2CCN(c3nc4ccccc4n3CCN3CCOCC3)CC2)cc1. The van der Waals surface area contributed by atoms with E-state index in [0.29, 0.717) is 0 Å². The van der Waals surface area contributed by atoms with Crippen molar-refractivity contribution in [2.75, 3.05) is 63.3 Å². The molecular weight excluding hydrogens is 430 g/mol. The van der Waals surface area contributed by atoms with Crippen molar-refractivity contribution in [3.8, 4) is 5.75 Å². The molecule has 3 heterocycles. The van der Waals surface area contributed by atoms with Crippen molar-refractivity contribution in [2.45, 2.75) is 19.4 Å². The Morgan fingerprint density at radius 1 is 1.03 bits per heavy atom. The van der Waals surface area contributed by atoms with E-state index >= 15 is 0 Å². The zero-order valence-electron chi connectivity index (χ0n) is 19.8. The van der Waals surface area contributed by atoms with Gasteiger partial charge in [0.2, 0.25) is 11.9 Å². The fraction of sp³-hybridized carbons (Fsp3) is 0.462. The van der Waals surface area contributed by atoms with Crippen molar-refractivity contribution in [3.63, 3.8) is 0 Å². The molecule has 180 valence electrons. The fourth-order valence-electron chi connectivity index (χ4n) is 4.85. The van der Waals surface area contributed by atoms with Crippen molar-refractivity contribution in [1.82, 2.24) is 14.5 Å². The molecule has 34 heavy (non-hydrogen) atoms. The van der Waals surface area contributed by atoms with Gasteiger partial charge in [0.05, 0.1) is 31.4 Å². The first-order valence-electron chi connectivity index (χ1n) is 12.2. The first kappa shape index (κ1) is 22.7. The third-order valence-corrected chi connectivity index (χ3v) is 6.88. The zero-order valence-corrected chi connectivity index (χ0v) is 19.8. The Labute approximate surface area is 200 Å². The van der Waals surface area contributed by atoms with Crippen molar-refractivity contribution in [1.29, 1.82) is 0 Å². The maximum atomic E-state index is 12.9. The van der Waals surface area contributed by atoms with Crippen LogP contribution in [0.4, 0.5) is 11.6 Å². The van der Waals surface area contributed by atoms with Gasteiger partial charge in [-0.3, -0.25) is 9.69 Å². The Kier molecular flexibility index (Phi) is 6.97. The van der Waals surface area contributed by atoms with E-state index < -0.39 is 0 Å². The fourth-order valence-corrected chi connectivity index (χ4v) is 4.85. The van der Waals surface area contributed by atoms with Gasteiger partial charge in [0.25, 0.3) is 0 Å². The maximum Gasteiger partial charge on any atom is 0.227 e. The van der Waals surface area contributed by atoms with Gasteiger partial charge in [-0.15, -0.1) is 0 Å². The number of anilines is 2. The van der Waals surface area contributed by atoms with E-state index in [-0.39, 0.29) is 11.8 Å². The number of carbonyl (C=O) groups is 1. The van der Waals surface area contributed by atoms with E-state index in [0.717, 1.165) is 88.2 Å². The van der Waals surface area contributed by atoms with Gasteiger partial charge in [0.1, 0.15) is 5.75 Å². The smallest absolute Gasteiger partial charge is 0.227 e. The van der Waals surface area contributed by atoms with Crippen LogP contribution >= 0.6 is 0 Å². The molecule has 0 atom stereocenters. The number of nitrogens with one attached hydrogen (secondary N) is 1. The summed E-state index contributed by atoms with van der Waals surface area (Å²) in [6.07, 6.45) is 1.63. The lowest BCUT2D eigenvalue weighted by Crippen LogP contribution is -2.40. The summed E-state index contributed by atoms with van der Waals surface area (Å²) in [4.78, 5) is 22.6. The molecule has 8 heteroatoms. The monoisotopic (exact) mass is 463 g/mol. The van der Waals surface area contributed by atoms with E-state index in [4.69, 9.17) is 14.5 Å². The molecule has 2 fully saturated rings. The van der Waals surface area contributed by atoms with Crippen LogP contribution < -0.4 is 15.0 Å². The zero-order chi connectivity index (χ0) is 23.3. The van der Waals surface area contributed by atoms with Crippen LogP contribution in [0.1, 0.15) is 12.8 Å². The quantitative estimate of drug-likeness (QED) is 0.580.